The fourth-order valence-corrected chi connectivity index (χ4v) is 1.96. The zero-order valence-electron chi connectivity index (χ0n) is 11.6. The molecule has 0 fully saturated rings. The van der Waals surface area contributed by atoms with Crippen molar-refractivity contribution in [3.63, 3.8) is 0 Å². The monoisotopic (exact) mass is 327 g/mol. The predicted molar refractivity (Wildman–Crippen MR) is 72.4 cm³/mol. The number of benzene rings is 2. The summed E-state index contributed by atoms with van der Waals surface area (Å²) >= 11 is 0. The molecular weight excluding hydrogens is 318 g/mol. The summed E-state index contributed by atoms with van der Waals surface area (Å²) in [5, 5.41) is 11.0. The van der Waals surface area contributed by atoms with E-state index >= 15 is 0 Å². The third-order valence-electron chi connectivity index (χ3n) is 2.98. The van der Waals surface area contributed by atoms with Gasteiger partial charge in [-0.3, -0.25) is 4.79 Å². The summed E-state index contributed by atoms with van der Waals surface area (Å²) in [5.41, 5.74) is -2.13. The Morgan fingerprint density at radius 3 is 2.04 bits per heavy atom. The first kappa shape index (κ1) is 16.5. The Kier molecular flexibility index (Phi) is 4.35. The highest BCUT2D eigenvalue weighted by Gasteiger charge is 2.32. The second kappa shape index (κ2) is 6.07. The molecule has 0 aliphatic rings. The van der Waals surface area contributed by atoms with E-state index in [1.54, 1.807) is 19.1 Å². The van der Waals surface area contributed by atoms with E-state index in [2.05, 4.69) is 5.32 Å². The molecule has 0 saturated heterocycles. The first-order valence-electron chi connectivity index (χ1n) is 6.21. The zero-order chi connectivity index (χ0) is 17.3. The molecule has 0 heterocycles. The van der Waals surface area contributed by atoms with Crippen LogP contribution in [0.15, 0.2) is 24.3 Å². The summed E-state index contributed by atoms with van der Waals surface area (Å²) in [6.07, 6.45) is 0. The van der Waals surface area contributed by atoms with E-state index in [9.17, 15) is 27.2 Å². The lowest BCUT2D eigenvalue weighted by Crippen LogP contribution is -2.22. The van der Waals surface area contributed by atoms with E-state index < -0.39 is 46.3 Å². The van der Waals surface area contributed by atoms with Crippen molar-refractivity contribution in [1.29, 1.82) is 0 Å². The molecule has 1 amide bonds. The number of rotatable bonds is 3. The summed E-state index contributed by atoms with van der Waals surface area (Å²) in [6, 6.07) is 6.10. The van der Waals surface area contributed by atoms with Gasteiger partial charge in [0.2, 0.25) is 0 Å². The van der Waals surface area contributed by atoms with Gasteiger partial charge in [0, 0.05) is 5.69 Å². The number of aromatic carboxylic acids is 1. The minimum atomic E-state index is -2.30. The molecule has 0 atom stereocenters. The van der Waals surface area contributed by atoms with Gasteiger partial charge in [-0.2, -0.15) is 0 Å². The molecule has 2 N–H and O–H groups in total. The highest BCUT2D eigenvalue weighted by molar-refractivity contribution is 6.11. The Morgan fingerprint density at radius 2 is 1.52 bits per heavy atom. The molecule has 2 aromatic rings. The smallest absolute Gasteiger partial charge is 0.339 e. The van der Waals surface area contributed by atoms with Crippen LogP contribution in [0.5, 0.6) is 0 Å². The molecule has 120 valence electrons. The van der Waals surface area contributed by atoms with Gasteiger partial charge in [-0.15, -0.1) is 0 Å². The van der Waals surface area contributed by atoms with Gasteiger partial charge in [-0.1, -0.05) is 12.1 Å². The van der Waals surface area contributed by atoms with Crippen LogP contribution in [0.3, 0.4) is 0 Å². The van der Waals surface area contributed by atoms with Crippen molar-refractivity contribution in [1.82, 2.24) is 0 Å². The highest BCUT2D eigenvalue weighted by atomic mass is 19.2. The van der Waals surface area contributed by atoms with Crippen LogP contribution in [-0.4, -0.2) is 17.0 Å². The maximum absolute atomic E-state index is 13.8. The van der Waals surface area contributed by atoms with Crippen molar-refractivity contribution < 1.29 is 32.3 Å². The Balaban J connectivity index is 2.58. The fourth-order valence-electron chi connectivity index (χ4n) is 1.96. The van der Waals surface area contributed by atoms with Gasteiger partial charge in [-0.05, 0) is 24.6 Å². The third kappa shape index (κ3) is 3.01. The lowest BCUT2D eigenvalue weighted by Gasteiger charge is -2.11. The number of nitrogens with one attached hydrogen (secondary N) is 1. The Hall–Kier alpha value is -2.90. The van der Waals surface area contributed by atoms with E-state index in [4.69, 9.17) is 5.11 Å². The van der Waals surface area contributed by atoms with Crippen LogP contribution in [0.25, 0.3) is 0 Å². The molecule has 23 heavy (non-hydrogen) atoms. The molecule has 2 aromatic carbocycles. The zero-order valence-corrected chi connectivity index (χ0v) is 11.6. The van der Waals surface area contributed by atoms with Crippen LogP contribution in [-0.2, 0) is 0 Å². The van der Waals surface area contributed by atoms with Gasteiger partial charge in [0.1, 0.15) is 5.56 Å². The molecule has 0 bridgehead atoms. The molecule has 0 aliphatic carbocycles. The van der Waals surface area contributed by atoms with Crippen molar-refractivity contribution in [2.45, 2.75) is 6.92 Å². The molecule has 0 saturated carbocycles. The van der Waals surface area contributed by atoms with Gasteiger partial charge in [0.15, 0.2) is 23.3 Å². The lowest BCUT2D eigenvalue weighted by molar-refractivity contribution is 0.0684. The van der Waals surface area contributed by atoms with Crippen LogP contribution in [0, 0.1) is 30.2 Å². The van der Waals surface area contributed by atoms with Crippen molar-refractivity contribution in [3.05, 3.63) is 64.2 Å². The summed E-state index contributed by atoms with van der Waals surface area (Å²) < 4.78 is 53.8. The molecule has 8 heteroatoms. The lowest BCUT2D eigenvalue weighted by atomic mass is 10.0. The number of carboxylic acid groups (broad SMARTS) is 1. The van der Waals surface area contributed by atoms with E-state index in [0.29, 0.717) is 0 Å². The molecule has 0 radical (unpaired) electrons. The second-order valence-corrected chi connectivity index (χ2v) is 4.63. The molecule has 4 nitrogen and oxygen atoms in total. The minimum Gasteiger partial charge on any atom is -0.478 e. The maximum atomic E-state index is 13.8. The predicted octanol–water partition coefficient (Wildman–Crippen LogP) is 3.50. The number of carbonyl (C=O) groups excluding carboxylic acids is 1. The molecule has 2 rings (SSSR count). The first-order valence-corrected chi connectivity index (χ1v) is 6.21. The standard InChI is InChI=1S/C15H9F4NO3/c1-6-3-2-4-7(5-6)20-14(21)8-9(15(22)23)11(17)13(19)12(18)10(8)16/h2-5H,1H3,(H,20,21)(H,22,23). The third-order valence-corrected chi connectivity index (χ3v) is 2.98. The van der Waals surface area contributed by atoms with Crippen LogP contribution in [0.4, 0.5) is 23.2 Å². The number of aryl methyl sites for hydroxylation is 1. The quantitative estimate of drug-likeness (QED) is 0.515. The summed E-state index contributed by atoms with van der Waals surface area (Å²) in [5.74, 6) is -12.3. The Bertz CT molecular complexity index is 821. The molecule has 0 aliphatic heterocycles. The van der Waals surface area contributed by atoms with E-state index in [-0.39, 0.29) is 5.69 Å². The summed E-state index contributed by atoms with van der Waals surface area (Å²) in [6.45, 7) is 1.69. The topological polar surface area (TPSA) is 66.4 Å². The van der Waals surface area contributed by atoms with Gasteiger partial charge < -0.3 is 10.4 Å². The number of hydrogen-bond donors (Lipinski definition) is 2. The SMILES string of the molecule is Cc1cccc(NC(=O)c2c(F)c(F)c(F)c(F)c2C(=O)O)c1. The molecule has 0 spiro atoms. The highest BCUT2D eigenvalue weighted by Crippen LogP contribution is 2.25. The van der Waals surface area contributed by atoms with E-state index in [0.717, 1.165) is 5.56 Å². The summed E-state index contributed by atoms with van der Waals surface area (Å²) in [7, 11) is 0. The fraction of sp³-hybridized carbons (Fsp3) is 0.0667. The van der Waals surface area contributed by atoms with Gasteiger partial charge in [-0.25, -0.2) is 22.4 Å². The largest absolute Gasteiger partial charge is 0.478 e. The van der Waals surface area contributed by atoms with Crippen LogP contribution in [0.1, 0.15) is 26.3 Å². The van der Waals surface area contributed by atoms with Crippen LogP contribution < -0.4 is 5.32 Å². The number of anilines is 1. The van der Waals surface area contributed by atoms with E-state index in [1.165, 1.54) is 12.1 Å². The molecule has 0 unspecified atom stereocenters. The first-order chi connectivity index (χ1) is 10.7. The average Bonchev–Trinajstić information content (AvgIpc) is 2.48. The van der Waals surface area contributed by atoms with Crippen molar-refractivity contribution in [3.8, 4) is 0 Å². The maximum Gasteiger partial charge on any atom is 0.339 e. The van der Waals surface area contributed by atoms with Crippen LogP contribution in [0.2, 0.25) is 0 Å². The Labute approximate surface area is 127 Å². The average molecular weight is 327 g/mol. The van der Waals surface area contributed by atoms with Crippen molar-refractivity contribution >= 4 is 17.6 Å². The van der Waals surface area contributed by atoms with Gasteiger partial charge in [0.05, 0.1) is 5.56 Å². The number of hydrogen-bond acceptors (Lipinski definition) is 2. The second-order valence-electron chi connectivity index (χ2n) is 4.63. The van der Waals surface area contributed by atoms with Gasteiger partial charge >= 0.3 is 5.97 Å². The van der Waals surface area contributed by atoms with Crippen molar-refractivity contribution in [2.75, 3.05) is 5.32 Å². The number of carbonyl (C=O) groups is 2. The van der Waals surface area contributed by atoms with Crippen molar-refractivity contribution in [2.24, 2.45) is 0 Å². The molecule has 0 aromatic heterocycles. The van der Waals surface area contributed by atoms with E-state index in [1.807, 2.05) is 0 Å². The normalized spacial score (nSPS) is 10.5. The van der Waals surface area contributed by atoms with Gasteiger partial charge in [0.25, 0.3) is 5.91 Å². The summed E-state index contributed by atoms with van der Waals surface area (Å²) in [4.78, 5) is 23.0. The minimum absolute atomic E-state index is 0.149. The number of halogens is 4. The molecular formula is C15H9F4NO3. The number of carboxylic acids is 1. The Morgan fingerprint density at radius 1 is 0.957 bits per heavy atom. The number of amides is 1. The van der Waals surface area contributed by atoms with Crippen LogP contribution >= 0.6 is 0 Å².